The molecule has 0 aromatic heterocycles. The maximum Gasteiger partial charge on any atom is 0.322 e. The van der Waals surface area contributed by atoms with Gasteiger partial charge in [-0.25, -0.2) is 4.79 Å². The first kappa shape index (κ1) is 14.4. The van der Waals surface area contributed by atoms with E-state index in [1.807, 2.05) is 0 Å². The zero-order chi connectivity index (χ0) is 13.8. The Bertz CT molecular complexity index is 450. The molecule has 0 bridgehead atoms. The lowest BCUT2D eigenvalue weighted by Crippen LogP contribution is -2.52. The smallest absolute Gasteiger partial charge is 0.322 e. The maximum absolute atomic E-state index is 12.1. The summed E-state index contributed by atoms with van der Waals surface area (Å²) in [5.41, 5.74) is 0.519. The van der Waals surface area contributed by atoms with Gasteiger partial charge in [-0.2, -0.15) is 0 Å². The normalized spacial score (nSPS) is 19.3. The van der Waals surface area contributed by atoms with Crippen LogP contribution in [0.5, 0.6) is 0 Å². The third kappa shape index (κ3) is 3.73. The van der Waals surface area contributed by atoms with Crippen LogP contribution in [0.15, 0.2) is 18.2 Å². The second-order valence-electron chi connectivity index (χ2n) is 4.19. The van der Waals surface area contributed by atoms with Crippen LogP contribution in [0.2, 0.25) is 10.0 Å². The molecule has 1 heterocycles. The Hall–Kier alpha value is -1.01. The molecule has 2 N–H and O–H groups in total. The lowest BCUT2D eigenvalue weighted by atomic mass is 10.2. The van der Waals surface area contributed by atoms with Gasteiger partial charge in [0.15, 0.2) is 0 Å². The summed E-state index contributed by atoms with van der Waals surface area (Å²) in [6.07, 6.45) is 0. The van der Waals surface area contributed by atoms with E-state index < -0.39 is 0 Å². The number of nitrogens with zero attached hydrogens (tertiary/aromatic N) is 1. The maximum atomic E-state index is 12.1. The monoisotopic (exact) mass is 304 g/mol. The number of benzene rings is 1. The fourth-order valence-corrected chi connectivity index (χ4v) is 2.42. The van der Waals surface area contributed by atoms with E-state index in [-0.39, 0.29) is 18.7 Å². The van der Waals surface area contributed by atoms with Crippen molar-refractivity contribution < 1.29 is 14.6 Å². The number of morpholine rings is 1. The van der Waals surface area contributed by atoms with Crippen molar-refractivity contribution in [2.45, 2.75) is 6.04 Å². The molecule has 0 saturated carbocycles. The number of urea groups is 1. The number of rotatable bonds is 2. The number of carbonyl (C=O) groups excluding carboxylic acids is 1. The van der Waals surface area contributed by atoms with E-state index in [1.54, 1.807) is 18.2 Å². The zero-order valence-corrected chi connectivity index (χ0v) is 11.6. The van der Waals surface area contributed by atoms with Gasteiger partial charge in [0.1, 0.15) is 0 Å². The Labute approximate surface area is 121 Å². The molecule has 1 unspecified atom stereocenters. The minimum Gasteiger partial charge on any atom is -0.394 e. The number of anilines is 1. The third-order valence-electron chi connectivity index (χ3n) is 2.81. The molecule has 1 aliphatic heterocycles. The SMILES string of the molecule is O=C(Nc1cc(Cl)cc(Cl)c1)N1CCOCC1CO. The molecule has 1 saturated heterocycles. The summed E-state index contributed by atoms with van der Waals surface area (Å²) in [4.78, 5) is 13.7. The van der Waals surface area contributed by atoms with Gasteiger partial charge >= 0.3 is 6.03 Å². The van der Waals surface area contributed by atoms with E-state index in [9.17, 15) is 9.90 Å². The van der Waals surface area contributed by atoms with E-state index in [0.717, 1.165) is 0 Å². The van der Waals surface area contributed by atoms with Crippen LogP contribution in [0.4, 0.5) is 10.5 Å². The van der Waals surface area contributed by atoms with Crippen LogP contribution in [0, 0.1) is 0 Å². The predicted molar refractivity (Wildman–Crippen MR) is 73.9 cm³/mol. The second-order valence-corrected chi connectivity index (χ2v) is 5.07. The molecule has 0 radical (unpaired) electrons. The van der Waals surface area contributed by atoms with Crippen LogP contribution < -0.4 is 5.32 Å². The molecule has 1 aromatic carbocycles. The van der Waals surface area contributed by atoms with Crippen LogP contribution in [-0.4, -0.2) is 48.4 Å². The Morgan fingerprint density at radius 2 is 2.11 bits per heavy atom. The molecule has 2 rings (SSSR count). The fourth-order valence-electron chi connectivity index (χ4n) is 1.89. The largest absolute Gasteiger partial charge is 0.394 e. The van der Waals surface area contributed by atoms with E-state index in [0.29, 0.717) is 35.5 Å². The number of aliphatic hydroxyl groups excluding tert-OH is 1. The molecule has 5 nitrogen and oxygen atoms in total. The Morgan fingerprint density at radius 1 is 1.42 bits per heavy atom. The molecular weight excluding hydrogens is 291 g/mol. The van der Waals surface area contributed by atoms with Crippen molar-refractivity contribution in [3.05, 3.63) is 28.2 Å². The topological polar surface area (TPSA) is 61.8 Å². The number of carbonyl (C=O) groups is 1. The minimum atomic E-state index is -0.330. The number of aliphatic hydroxyl groups is 1. The van der Waals surface area contributed by atoms with Gasteiger partial charge in [-0.15, -0.1) is 0 Å². The van der Waals surface area contributed by atoms with Gasteiger partial charge < -0.3 is 20.1 Å². The van der Waals surface area contributed by atoms with E-state index >= 15 is 0 Å². The average molecular weight is 305 g/mol. The van der Waals surface area contributed by atoms with Gasteiger partial charge in [0.25, 0.3) is 0 Å². The Kier molecular flexibility index (Phi) is 4.87. The van der Waals surface area contributed by atoms with Gasteiger partial charge in [0.05, 0.1) is 25.9 Å². The summed E-state index contributed by atoms with van der Waals surface area (Å²) in [5.74, 6) is 0. The molecule has 1 fully saturated rings. The van der Waals surface area contributed by atoms with Gasteiger partial charge in [-0.05, 0) is 18.2 Å². The lowest BCUT2D eigenvalue weighted by molar-refractivity contribution is -0.00485. The number of ether oxygens (including phenoxy) is 1. The van der Waals surface area contributed by atoms with Crippen LogP contribution in [0.25, 0.3) is 0 Å². The quantitative estimate of drug-likeness (QED) is 0.880. The highest BCUT2D eigenvalue weighted by Crippen LogP contribution is 2.23. The fraction of sp³-hybridized carbons (Fsp3) is 0.417. The highest BCUT2D eigenvalue weighted by atomic mass is 35.5. The van der Waals surface area contributed by atoms with Crippen LogP contribution >= 0.6 is 23.2 Å². The summed E-state index contributed by atoms with van der Waals surface area (Å²) in [6, 6.07) is 4.17. The molecule has 19 heavy (non-hydrogen) atoms. The van der Waals surface area contributed by atoms with Crippen molar-refractivity contribution in [3.63, 3.8) is 0 Å². The summed E-state index contributed by atoms with van der Waals surface area (Å²) in [7, 11) is 0. The van der Waals surface area contributed by atoms with Crippen molar-refractivity contribution in [1.82, 2.24) is 4.90 Å². The number of hydrogen-bond donors (Lipinski definition) is 2. The summed E-state index contributed by atoms with van der Waals surface area (Å²) < 4.78 is 5.22. The van der Waals surface area contributed by atoms with E-state index in [2.05, 4.69) is 5.32 Å². The van der Waals surface area contributed by atoms with Gasteiger partial charge in [0.2, 0.25) is 0 Å². The molecule has 1 aliphatic rings. The molecule has 1 aromatic rings. The van der Waals surface area contributed by atoms with Crippen LogP contribution in [-0.2, 0) is 4.74 Å². The first-order chi connectivity index (χ1) is 9.10. The molecule has 0 aliphatic carbocycles. The molecule has 104 valence electrons. The minimum absolute atomic E-state index is 0.135. The first-order valence-corrected chi connectivity index (χ1v) is 6.58. The van der Waals surface area contributed by atoms with Crippen LogP contribution in [0.3, 0.4) is 0 Å². The molecular formula is C12H14Cl2N2O3. The van der Waals surface area contributed by atoms with Crippen molar-refractivity contribution in [1.29, 1.82) is 0 Å². The number of nitrogens with one attached hydrogen (secondary N) is 1. The van der Waals surface area contributed by atoms with Crippen molar-refractivity contribution in [3.8, 4) is 0 Å². The van der Waals surface area contributed by atoms with Gasteiger partial charge in [-0.3, -0.25) is 0 Å². The molecule has 0 spiro atoms. The average Bonchev–Trinajstić information content (AvgIpc) is 2.37. The van der Waals surface area contributed by atoms with Crippen molar-refractivity contribution in [2.75, 3.05) is 31.7 Å². The second kappa shape index (κ2) is 6.43. The number of amides is 2. The first-order valence-electron chi connectivity index (χ1n) is 5.82. The highest BCUT2D eigenvalue weighted by molar-refractivity contribution is 6.35. The van der Waals surface area contributed by atoms with Gasteiger partial charge in [-0.1, -0.05) is 23.2 Å². The lowest BCUT2D eigenvalue weighted by Gasteiger charge is -2.34. The third-order valence-corrected chi connectivity index (χ3v) is 3.25. The Morgan fingerprint density at radius 3 is 2.74 bits per heavy atom. The Balaban J connectivity index is 2.07. The summed E-state index contributed by atoms with van der Waals surface area (Å²) in [6.45, 7) is 1.09. The summed E-state index contributed by atoms with van der Waals surface area (Å²) >= 11 is 11.7. The zero-order valence-electron chi connectivity index (χ0n) is 10.1. The van der Waals surface area contributed by atoms with Crippen molar-refractivity contribution in [2.24, 2.45) is 0 Å². The summed E-state index contributed by atoms with van der Waals surface area (Å²) in [5, 5.41) is 12.8. The number of hydrogen-bond acceptors (Lipinski definition) is 3. The molecule has 7 heteroatoms. The number of halogens is 2. The van der Waals surface area contributed by atoms with E-state index in [4.69, 9.17) is 27.9 Å². The van der Waals surface area contributed by atoms with Crippen LogP contribution in [0.1, 0.15) is 0 Å². The van der Waals surface area contributed by atoms with Crippen molar-refractivity contribution >= 4 is 34.9 Å². The standard InChI is InChI=1S/C12H14Cl2N2O3/c13-8-3-9(14)5-10(4-8)15-12(18)16-1-2-19-7-11(16)6-17/h3-5,11,17H,1-2,6-7H2,(H,15,18). The van der Waals surface area contributed by atoms with E-state index in [1.165, 1.54) is 4.90 Å². The highest BCUT2D eigenvalue weighted by Gasteiger charge is 2.26. The molecule has 1 atom stereocenters. The molecule has 2 amide bonds. The predicted octanol–water partition coefficient (Wildman–Crippen LogP) is 2.22. The van der Waals surface area contributed by atoms with Gasteiger partial charge in [0, 0.05) is 22.3 Å².